The zero-order chi connectivity index (χ0) is 9.14. The van der Waals surface area contributed by atoms with E-state index in [1.54, 1.807) is 11.1 Å². The molecule has 12 heavy (non-hydrogen) atoms. The Hall–Kier alpha value is -1.45. The second-order valence-corrected chi connectivity index (χ2v) is 2.59. The van der Waals surface area contributed by atoms with Gasteiger partial charge in [-0.05, 0) is 6.08 Å². The summed E-state index contributed by atoms with van der Waals surface area (Å²) in [7, 11) is 3.10. The highest BCUT2D eigenvalue weighted by atomic mass is 16.5. The largest absolute Gasteiger partial charge is 0.507 e. The first-order chi connectivity index (χ1) is 5.65. The lowest BCUT2D eigenvalue weighted by atomic mass is 10.1. The highest BCUT2D eigenvalue weighted by Crippen LogP contribution is 2.12. The number of aliphatic hydroxyl groups excluding tert-OH is 1. The van der Waals surface area contributed by atoms with Gasteiger partial charge in [0.05, 0.1) is 19.2 Å². The lowest BCUT2D eigenvalue weighted by Gasteiger charge is -2.19. The number of hydrogen-bond acceptors (Lipinski definition) is 4. The molecular weight excluding hydrogens is 158 g/mol. The van der Waals surface area contributed by atoms with Gasteiger partial charge in [-0.2, -0.15) is 0 Å². The van der Waals surface area contributed by atoms with Crippen LogP contribution in [0.15, 0.2) is 23.6 Å². The van der Waals surface area contributed by atoms with E-state index in [-0.39, 0.29) is 5.76 Å². The molecule has 1 aliphatic rings. The van der Waals surface area contributed by atoms with Crippen LogP contribution in [0.25, 0.3) is 0 Å². The van der Waals surface area contributed by atoms with Gasteiger partial charge in [0.25, 0.3) is 0 Å². The van der Waals surface area contributed by atoms with Crippen molar-refractivity contribution in [2.75, 3.05) is 20.7 Å². The molecule has 1 rings (SSSR count). The van der Waals surface area contributed by atoms with Crippen molar-refractivity contribution >= 4 is 5.97 Å². The van der Waals surface area contributed by atoms with Crippen molar-refractivity contribution in [1.29, 1.82) is 0 Å². The fraction of sp³-hybridized carbons (Fsp3) is 0.375. The van der Waals surface area contributed by atoms with E-state index >= 15 is 0 Å². The molecule has 0 fully saturated rings. The van der Waals surface area contributed by atoms with Crippen LogP contribution in [0.5, 0.6) is 0 Å². The molecule has 0 atom stereocenters. The van der Waals surface area contributed by atoms with E-state index in [1.165, 1.54) is 13.2 Å². The zero-order valence-corrected chi connectivity index (χ0v) is 7.07. The van der Waals surface area contributed by atoms with Gasteiger partial charge in [-0.1, -0.05) is 0 Å². The van der Waals surface area contributed by atoms with Gasteiger partial charge in [0, 0.05) is 13.2 Å². The molecule has 0 aromatic rings. The lowest BCUT2D eigenvalue weighted by molar-refractivity contribution is -0.136. The molecule has 4 heteroatoms. The predicted octanol–water partition coefficient (Wildman–Crippen LogP) is 0.431. The van der Waals surface area contributed by atoms with Crippen molar-refractivity contribution < 1.29 is 14.6 Å². The molecule has 66 valence electrons. The number of esters is 1. The third kappa shape index (κ3) is 1.58. The van der Waals surface area contributed by atoms with Gasteiger partial charge >= 0.3 is 5.97 Å². The molecule has 0 aromatic heterocycles. The maximum Gasteiger partial charge on any atom is 0.339 e. The predicted molar refractivity (Wildman–Crippen MR) is 43.4 cm³/mol. The van der Waals surface area contributed by atoms with Crippen molar-refractivity contribution in [2.24, 2.45) is 0 Å². The van der Waals surface area contributed by atoms with E-state index in [4.69, 9.17) is 0 Å². The standard InChI is InChI=1S/C8H11NO3/c1-9-4-3-7(10)6(5-9)8(11)12-2/h3-4,10H,5H2,1-2H3. The van der Waals surface area contributed by atoms with Gasteiger partial charge in [-0.25, -0.2) is 4.79 Å². The summed E-state index contributed by atoms with van der Waals surface area (Å²) < 4.78 is 4.49. The average Bonchev–Trinajstić information content (AvgIpc) is 2.08. The van der Waals surface area contributed by atoms with E-state index in [2.05, 4.69) is 4.74 Å². The van der Waals surface area contributed by atoms with Crippen molar-refractivity contribution in [2.45, 2.75) is 0 Å². The first-order valence-electron chi connectivity index (χ1n) is 3.54. The Morgan fingerprint density at radius 1 is 1.75 bits per heavy atom. The molecule has 0 saturated carbocycles. The fourth-order valence-electron chi connectivity index (χ4n) is 0.974. The lowest BCUT2D eigenvalue weighted by Crippen LogP contribution is -2.24. The Morgan fingerprint density at radius 3 is 3.00 bits per heavy atom. The summed E-state index contributed by atoms with van der Waals surface area (Å²) in [4.78, 5) is 12.8. The summed E-state index contributed by atoms with van der Waals surface area (Å²) in [6.45, 7) is 0.384. The summed E-state index contributed by atoms with van der Waals surface area (Å²) in [5.41, 5.74) is 0.294. The van der Waals surface area contributed by atoms with Gasteiger partial charge in [0.2, 0.25) is 0 Å². The second kappa shape index (κ2) is 3.30. The van der Waals surface area contributed by atoms with Crippen LogP contribution in [0.1, 0.15) is 0 Å². The SMILES string of the molecule is COC(=O)C1=C(O)C=CN(C)C1. The Kier molecular flexibility index (Phi) is 2.38. The Balaban J connectivity index is 2.86. The Bertz CT molecular complexity index is 255. The van der Waals surface area contributed by atoms with Crippen LogP contribution in [0.3, 0.4) is 0 Å². The van der Waals surface area contributed by atoms with Gasteiger partial charge in [0.15, 0.2) is 0 Å². The minimum Gasteiger partial charge on any atom is -0.507 e. The number of hydrogen-bond donors (Lipinski definition) is 1. The van der Waals surface area contributed by atoms with Crippen LogP contribution in [-0.2, 0) is 9.53 Å². The second-order valence-electron chi connectivity index (χ2n) is 2.59. The third-order valence-electron chi connectivity index (χ3n) is 1.64. The maximum atomic E-state index is 11.0. The van der Waals surface area contributed by atoms with Crippen LogP contribution in [0, 0.1) is 0 Å². The van der Waals surface area contributed by atoms with Crippen LogP contribution < -0.4 is 0 Å². The van der Waals surface area contributed by atoms with E-state index in [9.17, 15) is 9.90 Å². The minimum absolute atomic E-state index is 0.0139. The number of aliphatic hydroxyl groups is 1. The smallest absolute Gasteiger partial charge is 0.339 e. The molecule has 0 aliphatic carbocycles. The highest BCUT2D eigenvalue weighted by Gasteiger charge is 2.18. The normalized spacial score (nSPS) is 16.7. The molecule has 1 aliphatic heterocycles. The molecular formula is C8H11NO3. The number of methoxy groups -OCH3 is 1. The number of rotatable bonds is 1. The summed E-state index contributed by atoms with van der Waals surface area (Å²) in [6, 6.07) is 0. The number of allylic oxidation sites excluding steroid dienone is 1. The minimum atomic E-state index is -0.483. The molecule has 0 spiro atoms. The van der Waals surface area contributed by atoms with Crippen LogP contribution in [0.2, 0.25) is 0 Å². The van der Waals surface area contributed by atoms with Crippen LogP contribution >= 0.6 is 0 Å². The summed E-state index contributed by atoms with van der Waals surface area (Å²) in [5.74, 6) is -0.497. The van der Waals surface area contributed by atoms with E-state index in [0.29, 0.717) is 12.1 Å². The molecule has 0 aromatic carbocycles. The molecule has 0 bridgehead atoms. The molecule has 0 amide bonds. The molecule has 0 radical (unpaired) electrons. The first-order valence-corrected chi connectivity index (χ1v) is 3.54. The van der Waals surface area contributed by atoms with E-state index < -0.39 is 5.97 Å². The number of likely N-dealkylation sites (N-methyl/N-ethyl adjacent to an activating group) is 1. The van der Waals surface area contributed by atoms with Gasteiger partial charge in [-0.15, -0.1) is 0 Å². The summed E-state index contributed by atoms with van der Waals surface area (Å²) in [5, 5.41) is 9.25. The monoisotopic (exact) mass is 169 g/mol. The molecule has 1 N–H and O–H groups in total. The van der Waals surface area contributed by atoms with E-state index in [0.717, 1.165) is 0 Å². The number of nitrogens with zero attached hydrogens (tertiary/aromatic N) is 1. The topological polar surface area (TPSA) is 49.8 Å². The summed E-state index contributed by atoms with van der Waals surface area (Å²) >= 11 is 0. The van der Waals surface area contributed by atoms with Crippen molar-refractivity contribution in [3.05, 3.63) is 23.6 Å². The Labute approximate surface area is 70.7 Å². The average molecular weight is 169 g/mol. The van der Waals surface area contributed by atoms with Crippen molar-refractivity contribution in [3.8, 4) is 0 Å². The van der Waals surface area contributed by atoms with Gasteiger partial charge < -0.3 is 14.7 Å². The summed E-state index contributed by atoms with van der Waals surface area (Å²) in [6.07, 6.45) is 3.16. The fourth-order valence-corrected chi connectivity index (χ4v) is 0.974. The quantitative estimate of drug-likeness (QED) is 0.578. The maximum absolute atomic E-state index is 11.0. The molecule has 0 unspecified atom stereocenters. The van der Waals surface area contributed by atoms with Crippen LogP contribution in [0.4, 0.5) is 0 Å². The third-order valence-corrected chi connectivity index (χ3v) is 1.64. The Morgan fingerprint density at radius 2 is 2.42 bits per heavy atom. The van der Waals surface area contributed by atoms with Gasteiger partial charge in [-0.3, -0.25) is 0 Å². The first kappa shape index (κ1) is 8.64. The number of carbonyl (C=O) groups excluding carboxylic acids is 1. The molecule has 4 nitrogen and oxygen atoms in total. The highest BCUT2D eigenvalue weighted by molar-refractivity contribution is 5.90. The number of ether oxygens (including phenoxy) is 1. The number of carbonyl (C=O) groups is 1. The van der Waals surface area contributed by atoms with E-state index in [1.807, 2.05) is 7.05 Å². The van der Waals surface area contributed by atoms with Crippen LogP contribution in [-0.4, -0.2) is 36.7 Å². The van der Waals surface area contributed by atoms with Crippen molar-refractivity contribution in [3.63, 3.8) is 0 Å². The van der Waals surface area contributed by atoms with Crippen molar-refractivity contribution in [1.82, 2.24) is 4.90 Å². The molecule has 0 saturated heterocycles. The molecule has 1 heterocycles. The van der Waals surface area contributed by atoms with Gasteiger partial charge in [0.1, 0.15) is 5.76 Å². The zero-order valence-electron chi connectivity index (χ0n) is 7.07.